The maximum Gasteiger partial charge on any atom is 0.255 e. The first-order valence-corrected chi connectivity index (χ1v) is 8.31. The SMILES string of the molecule is CC(C)[C@@H]1CO[C@@]23CCN(C(=O)c4cncc(F)c4)[C@@H]2CC(=O)N13. The lowest BCUT2D eigenvalue weighted by Crippen LogP contribution is -2.51. The van der Waals surface area contributed by atoms with Crippen molar-refractivity contribution < 1.29 is 18.7 Å². The van der Waals surface area contributed by atoms with Crippen molar-refractivity contribution in [2.75, 3.05) is 13.2 Å². The molecule has 24 heavy (non-hydrogen) atoms. The lowest BCUT2D eigenvalue weighted by Gasteiger charge is -2.34. The molecule has 6 nitrogen and oxygen atoms in total. The molecule has 3 atom stereocenters. The van der Waals surface area contributed by atoms with Gasteiger partial charge in [0.2, 0.25) is 5.91 Å². The Morgan fingerprint density at radius 3 is 2.96 bits per heavy atom. The van der Waals surface area contributed by atoms with Crippen LogP contribution in [0.1, 0.15) is 37.0 Å². The highest BCUT2D eigenvalue weighted by molar-refractivity contribution is 5.95. The van der Waals surface area contributed by atoms with Gasteiger partial charge in [0.05, 0.1) is 36.9 Å². The second kappa shape index (κ2) is 5.24. The minimum absolute atomic E-state index is 0.0334. The summed E-state index contributed by atoms with van der Waals surface area (Å²) in [5, 5.41) is 0. The average molecular weight is 333 g/mol. The maximum absolute atomic E-state index is 13.4. The van der Waals surface area contributed by atoms with E-state index in [1.165, 1.54) is 12.3 Å². The zero-order valence-corrected chi connectivity index (χ0v) is 13.7. The van der Waals surface area contributed by atoms with Crippen LogP contribution in [-0.2, 0) is 9.53 Å². The Balaban J connectivity index is 1.64. The van der Waals surface area contributed by atoms with Gasteiger partial charge in [0, 0.05) is 19.2 Å². The molecule has 0 aliphatic carbocycles. The van der Waals surface area contributed by atoms with Gasteiger partial charge in [0.15, 0.2) is 5.72 Å². The molecule has 0 bridgehead atoms. The summed E-state index contributed by atoms with van der Waals surface area (Å²) in [5.74, 6) is -0.513. The highest BCUT2D eigenvalue weighted by atomic mass is 19.1. The van der Waals surface area contributed by atoms with Crippen molar-refractivity contribution in [2.24, 2.45) is 5.92 Å². The van der Waals surface area contributed by atoms with E-state index < -0.39 is 11.5 Å². The first-order chi connectivity index (χ1) is 11.4. The third-order valence-corrected chi connectivity index (χ3v) is 5.47. The number of rotatable bonds is 2. The van der Waals surface area contributed by atoms with E-state index in [1.807, 2.05) is 4.90 Å². The molecule has 7 heteroatoms. The predicted molar refractivity (Wildman–Crippen MR) is 82.4 cm³/mol. The summed E-state index contributed by atoms with van der Waals surface area (Å²) in [5.41, 5.74) is -0.501. The molecule has 1 aromatic heterocycles. The van der Waals surface area contributed by atoms with Crippen molar-refractivity contribution in [1.82, 2.24) is 14.8 Å². The second-order valence-corrected chi connectivity index (χ2v) is 7.09. The third-order valence-electron chi connectivity index (χ3n) is 5.47. The molecule has 128 valence electrons. The molecule has 3 aliphatic rings. The summed E-state index contributed by atoms with van der Waals surface area (Å²) in [4.78, 5) is 32.6. The van der Waals surface area contributed by atoms with Gasteiger partial charge < -0.3 is 14.5 Å². The standard InChI is InChI=1S/C17H20FN3O3/c1-10(2)13-9-24-17-3-4-20(14(17)6-15(22)21(13)17)16(23)11-5-12(18)8-19-7-11/h5,7-8,10,13-14H,3-4,6,9H2,1-2H3/t13-,14+,17-/m0/s1. The highest BCUT2D eigenvalue weighted by Gasteiger charge is 2.65. The molecule has 0 aromatic carbocycles. The molecule has 2 amide bonds. The van der Waals surface area contributed by atoms with Crippen LogP contribution in [0.4, 0.5) is 4.39 Å². The lowest BCUT2D eigenvalue weighted by molar-refractivity contribution is -0.139. The minimum Gasteiger partial charge on any atom is -0.351 e. The van der Waals surface area contributed by atoms with E-state index in [-0.39, 0.29) is 35.9 Å². The van der Waals surface area contributed by atoms with Crippen LogP contribution in [-0.4, -0.2) is 57.6 Å². The molecule has 1 aromatic rings. The van der Waals surface area contributed by atoms with Crippen LogP contribution in [0.15, 0.2) is 18.5 Å². The van der Waals surface area contributed by atoms with E-state index in [1.54, 1.807) is 4.90 Å². The Hall–Kier alpha value is -2.02. The van der Waals surface area contributed by atoms with Gasteiger partial charge in [0.1, 0.15) is 5.82 Å². The summed E-state index contributed by atoms with van der Waals surface area (Å²) in [6.45, 7) is 5.14. The fourth-order valence-electron chi connectivity index (χ4n) is 4.31. The summed E-state index contributed by atoms with van der Waals surface area (Å²) in [6.07, 6.45) is 3.28. The molecule has 1 spiro atoms. The molecular formula is C17H20FN3O3. The maximum atomic E-state index is 13.4. The van der Waals surface area contributed by atoms with Gasteiger partial charge in [-0.25, -0.2) is 4.39 Å². The van der Waals surface area contributed by atoms with Gasteiger partial charge >= 0.3 is 0 Å². The number of ether oxygens (including phenoxy) is 1. The van der Waals surface area contributed by atoms with Crippen molar-refractivity contribution in [1.29, 1.82) is 0 Å². The van der Waals surface area contributed by atoms with E-state index >= 15 is 0 Å². The minimum atomic E-state index is -0.706. The number of pyridine rings is 1. The summed E-state index contributed by atoms with van der Waals surface area (Å²) in [6, 6.07) is 0.916. The Labute approximate surface area is 139 Å². The van der Waals surface area contributed by atoms with Gasteiger partial charge in [-0.05, 0) is 12.0 Å². The van der Waals surface area contributed by atoms with Gasteiger partial charge in [-0.1, -0.05) is 13.8 Å². The van der Waals surface area contributed by atoms with Gasteiger partial charge in [-0.2, -0.15) is 0 Å². The normalized spacial score (nSPS) is 31.8. The number of hydrogen-bond acceptors (Lipinski definition) is 4. The van der Waals surface area contributed by atoms with Crippen LogP contribution < -0.4 is 0 Å². The number of likely N-dealkylation sites (tertiary alicyclic amines) is 1. The molecule has 0 radical (unpaired) electrons. The number of hydrogen-bond donors (Lipinski definition) is 0. The molecule has 3 fully saturated rings. The molecule has 4 heterocycles. The highest BCUT2D eigenvalue weighted by Crippen LogP contribution is 2.49. The van der Waals surface area contributed by atoms with Crippen LogP contribution in [0.3, 0.4) is 0 Å². The number of amides is 2. The van der Waals surface area contributed by atoms with Gasteiger partial charge in [-0.3, -0.25) is 14.6 Å². The Morgan fingerprint density at radius 2 is 2.25 bits per heavy atom. The van der Waals surface area contributed by atoms with Crippen LogP contribution in [0, 0.1) is 11.7 Å². The fourth-order valence-corrected chi connectivity index (χ4v) is 4.31. The zero-order valence-electron chi connectivity index (χ0n) is 13.7. The molecule has 4 rings (SSSR count). The quantitative estimate of drug-likeness (QED) is 0.821. The number of aromatic nitrogens is 1. The molecule has 3 saturated heterocycles. The van der Waals surface area contributed by atoms with E-state index in [0.29, 0.717) is 25.5 Å². The molecule has 0 N–H and O–H groups in total. The first kappa shape index (κ1) is 15.5. The summed E-state index contributed by atoms with van der Waals surface area (Å²) in [7, 11) is 0. The first-order valence-electron chi connectivity index (χ1n) is 8.31. The van der Waals surface area contributed by atoms with Gasteiger partial charge in [0.25, 0.3) is 5.91 Å². The number of carbonyl (C=O) groups is 2. The van der Waals surface area contributed by atoms with Gasteiger partial charge in [-0.15, -0.1) is 0 Å². The van der Waals surface area contributed by atoms with Crippen molar-refractivity contribution in [2.45, 2.75) is 44.5 Å². The van der Waals surface area contributed by atoms with Crippen molar-refractivity contribution in [3.63, 3.8) is 0 Å². The van der Waals surface area contributed by atoms with Crippen LogP contribution in [0.25, 0.3) is 0 Å². The Morgan fingerprint density at radius 1 is 1.46 bits per heavy atom. The van der Waals surface area contributed by atoms with Crippen LogP contribution >= 0.6 is 0 Å². The van der Waals surface area contributed by atoms with Crippen molar-refractivity contribution in [3.8, 4) is 0 Å². The topological polar surface area (TPSA) is 62.7 Å². The largest absolute Gasteiger partial charge is 0.351 e. The molecule has 0 saturated carbocycles. The predicted octanol–water partition coefficient (Wildman–Crippen LogP) is 1.42. The van der Waals surface area contributed by atoms with Crippen molar-refractivity contribution in [3.05, 3.63) is 29.8 Å². The average Bonchev–Trinajstić information content (AvgIpc) is 3.16. The Bertz CT molecular complexity index is 710. The van der Waals surface area contributed by atoms with E-state index in [9.17, 15) is 14.0 Å². The summed E-state index contributed by atoms with van der Waals surface area (Å²) >= 11 is 0. The van der Waals surface area contributed by atoms with E-state index in [4.69, 9.17) is 4.74 Å². The number of carbonyl (C=O) groups excluding carboxylic acids is 2. The smallest absolute Gasteiger partial charge is 0.255 e. The zero-order chi connectivity index (χ0) is 17.1. The molecular weight excluding hydrogens is 313 g/mol. The fraction of sp³-hybridized carbons (Fsp3) is 0.588. The number of halogens is 1. The monoisotopic (exact) mass is 333 g/mol. The lowest BCUT2D eigenvalue weighted by atomic mass is 10.0. The molecule has 3 aliphatic heterocycles. The second-order valence-electron chi connectivity index (χ2n) is 7.09. The van der Waals surface area contributed by atoms with Crippen LogP contribution in [0.5, 0.6) is 0 Å². The molecule has 0 unspecified atom stereocenters. The van der Waals surface area contributed by atoms with E-state index in [2.05, 4.69) is 18.8 Å². The third kappa shape index (κ3) is 2.00. The van der Waals surface area contributed by atoms with E-state index in [0.717, 1.165) is 6.20 Å². The number of nitrogens with zero attached hydrogens (tertiary/aromatic N) is 3. The summed E-state index contributed by atoms with van der Waals surface area (Å²) < 4.78 is 19.5. The Kier molecular flexibility index (Phi) is 3.38. The van der Waals surface area contributed by atoms with Crippen molar-refractivity contribution >= 4 is 11.8 Å². The van der Waals surface area contributed by atoms with Crippen LogP contribution in [0.2, 0.25) is 0 Å².